The second-order valence-corrected chi connectivity index (χ2v) is 11.4. The van der Waals surface area contributed by atoms with Gasteiger partial charge in [0.2, 0.25) is 0 Å². The molecule has 0 radical (unpaired) electrons. The molecule has 3 N–H and O–H groups in total. The Morgan fingerprint density at radius 3 is 2.57 bits per heavy atom. The molecule has 7 nitrogen and oxygen atoms in total. The number of para-hydroxylation sites is 1. The average molecular weight is 483 g/mol. The summed E-state index contributed by atoms with van der Waals surface area (Å²) < 4.78 is 11.2. The van der Waals surface area contributed by atoms with E-state index in [4.69, 9.17) is 9.47 Å². The van der Waals surface area contributed by atoms with Gasteiger partial charge in [-0.3, -0.25) is 4.79 Å². The third-order valence-electron chi connectivity index (χ3n) is 9.45. The van der Waals surface area contributed by atoms with Crippen LogP contribution in [-0.2, 0) is 9.53 Å². The SMILES string of the molecule is COc1ccccc1C(=O)O[C@H]1C(C)=C[C@]23C(=O)C(C=C(CO)[C@@H](O)[C@]12O)[C@H]1[C@@H](C[C@H]3C)C1(C)C. The van der Waals surface area contributed by atoms with Crippen LogP contribution in [0.25, 0.3) is 0 Å². The maximum atomic E-state index is 14.3. The van der Waals surface area contributed by atoms with Crippen molar-refractivity contribution in [3.8, 4) is 5.75 Å². The Hall–Kier alpha value is -2.48. The van der Waals surface area contributed by atoms with E-state index < -0.39 is 41.7 Å². The summed E-state index contributed by atoms with van der Waals surface area (Å²) in [5, 5.41) is 34.2. The van der Waals surface area contributed by atoms with Crippen LogP contribution < -0.4 is 4.74 Å². The molecule has 4 aliphatic rings. The standard InChI is InChI=1S/C28H34O7/c1-14-12-27-15(2)10-19-21(26(19,3)4)18(23(27)31)11-16(13-29)22(30)28(27,33)24(14)35-25(32)17-8-6-7-9-20(17)34-5/h6-9,11-12,15,18-19,21-22,24,29-30,33H,10,13H2,1-5H3/t15-,18?,19-,21+,22-,24+,27+,28+/m1/s1. The fourth-order valence-electron chi connectivity index (χ4n) is 7.58. The van der Waals surface area contributed by atoms with E-state index in [-0.39, 0.29) is 40.1 Å². The molecule has 1 aromatic rings. The van der Waals surface area contributed by atoms with Crippen LogP contribution in [0.1, 0.15) is 44.5 Å². The molecule has 5 rings (SSSR count). The van der Waals surface area contributed by atoms with Gasteiger partial charge in [-0.25, -0.2) is 4.79 Å². The number of hydrogen-bond donors (Lipinski definition) is 3. The number of ether oxygens (including phenoxy) is 2. The van der Waals surface area contributed by atoms with Gasteiger partial charge < -0.3 is 24.8 Å². The van der Waals surface area contributed by atoms with Crippen molar-refractivity contribution in [2.45, 2.75) is 51.9 Å². The fourth-order valence-corrected chi connectivity index (χ4v) is 7.58. The zero-order chi connectivity index (χ0) is 25.5. The molecule has 0 aromatic heterocycles. The third-order valence-corrected chi connectivity index (χ3v) is 9.45. The molecule has 2 fully saturated rings. The molecule has 8 atom stereocenters. The summed E-state index contributed by atoms with van der Waals surface area (Å²) >= 11 is 0. The molecular weight excluding hydrogens is 448 g/mol. The van der Waals surface area contributed by atoms with Gasteiger partial charge in [0.25, 0.3) is 0 Å². The monoisotopic (exact) mass is 482 g/mol. The third kappa shape index (κ3) is 2.95. The number of benzene rings is 1. The second-order valence-electron chi connectivity index (χ2n) is 11.4. The quantitative estimate of drug-likeness (QED) is 0.447. The Bertz CT molecular complexity index is 1150. The van der Waals surface area contributed by atoms with Gasteiger partial charge in [0.15, 0.2) is 17.5 Å². The van der Waals surface area contributed by atoms with Gasteiger partial charge in [0.05, 0.1) is 19.1 Å². The first kappa shape index (κ1) is 24.2. The van der Waals surface area contributed by atoms with Crippen molar-refractivity contribution < 1.29 is 34.4 Å². The number of Topliss-reactive ketones (excluding diaryl/α,β-unsaturated/α-hetero) is 1. The van der Waals surface area contributed by atoms with Gasteiger partial charge in [-0.1, -0.05) is 45.1 Å². The van der Waals surface area contributed by atoms with Gasteiger partial charge >= 0.3 is 5.97 Å². The number of esters is 1. The first-order valence-electron chi connectivity index (χ1n) is 12.3. The molecule has 188 valence electrons. The highest BCUT2D eigenvalue weighted by molar-refractivity contribution is 5.96. The summed E-state index contributed by atoms with van der Waals surface area (Å²) in [6, 6.07) is 6.59. The number of methoxy groups -OCH3 is 1. The number of carbonyl (C=O) groups is 2. The predicted octanol–water partition coefficient (Wildman–Crippen LogP) is 2.69. The van der Waals surface area contributed by atoms with E-state index in [1.807, 2.05) is 6.92 Å². The average Bonchev–Trinajstić information content (AvgIpc) is 3.32. The summed E-state index contributed by atoms with van der Waals surface area (Å²) in [5.74, 6) is -1.10. The number of rotatable bonds is 4. The Labute approximate surface area is 205 Å². The van der Waals surface area contributed by atoms with Gasteiger partial charge in [-0.05, 0) is 59.8 Å². The van der Waals surface area contributed by atoms with Crippen LogP contribution in [0.4, 0.5) is 0 Å². The molecule has 1 aromatic carbocycles. The van der Waals surface area contributed by atoms with Crippen LogP contribution in [0.3, 0.4) is 0 Å². The van der Waals surface area contributed by atoms with E-state index in [2.05, 4.69) is 13.8 Å². The Morgan fingerprint density at radius 2 is 1.91 bits per heavy atom. The highest BCUT2D eigenvalue weighted by atomic mass is 16.6. The molecule has 4 aliphatic carbocycles. The molecular formula is C28H34O7. The summed E-state index contributed by atoms with van der Waals surface area (Å²) in [6.07, 6.45) is 1.22. The molecule has 2 saturated carbocycles. The summed E-state index contributed by atoms with van der Waals surface area (Å²) in [5.41, 5.74) is -2.80. The van der Waals surface area contributed by atoms with E-state index in [1.165, 1.54) is 7.11 Å². The van der Waals surface area contributed by atoms with Crippen LogP contribution >= 0.6 is 0 Å². The summed E-state index contributed by atoms with van der Waals surface area (Å²) in [6.45, 7) is 7.42. The Morgan fingerprint density at radius 1 is 1.23 bits per heavy atom. The number of ketones is 1. The minimum absolute atomic E-state index is 0.0479. The minimum atomic E-state index is -2.16. The lowest BCUT2D eigenvalue weighted by atomic mass is 9.59. The van der Waals surface area contributed by atoms with Gasteiger partial charge in [0.1, 0.15) is 17.4 Å². The molecule has 0 aliphatic heterocycles. The van der Waals surface area contributed by atoms with Gasteiger partial charge in [-0.15, -0.1) is 0 Å². The van der Waals surface area contributed by atoms with Crippen molar-refractivity contribution >= 4 is 11.8 Å². The molecule has 35 heavy (non-hydrogen) atoms. The molecule has 0 amide bonds. The van der Waals surface area contributed by atoms with E-state index in [0.29, 0.717) is 17.7 Å². The van der Waals surface area contributed by atoms with E-state index in [1.54, 1.807) is 43.3 Å². The van der Waals surface area contributed by atoms with Crippen LogP contribution in [-0.4, -0.2) is 58.6 Å². The number of aliphatic hydroxyl groups excluding tert-OH is 2. The normalized spacial score (nSPS) is 41.0. The lowest BCUT2D eigenvalue weighted by Crippen LogP contribution is -2.65. The number of aliphatic hydroxyl groups is 3. The first-order valence-corrected chi connectivity index (χ1v) is 12.3. The lowest BCUT2D eigenvalue weighted by molar-refractivity contribution is -0.190. The van der Waals surface area contributed by atoms with Crippen molar-refractivity contribution in [2.75, 3.05) is 13.7 Å². The highest BCUT2D eigenvalue weighted by Crippen LogP contribution is 2.71. The number of allylic oxidation sites excluding steroid dienone is 1. The van der Waals surface area contributed by atoms with E-state index >= 15 is 0 Å². The largest absolute Gasteiger partial charge is 0.496 e. The first-order chi connectivity index (χ1) is 16.5. The summed E-state index contributed by atoms with van der Waals surface area (Å²) in [4.78, 5) is 27.6. The zero-order valence-corrected chi connectivity index (χ0v) is 20.8. The molecule has 2 bridgehead atoms. The molecule has 0 heterocycles. The van der Waals surface area contributed by atoms with E-state index in [0.717, 1.165) is 0 Å². The van der Waals surface area contributed by atoms with Crippen LogP contribution in [0.5, 0.6) is 5.75 Å². The minimum Gasteiger partial charge on any atom is -0.496 e. The number of fused-ring (bicyclic) bond motifs is 3. The van der Waals surface area contributed by atoms with Crippen LogP contribution in [0.15, 0.2) is 47.6 Å². The Kier molecular flexibility index (Phi) is 5.37. The number of hydrogen-bond acceptors (Lipinski definition) is 7. The van der Waals surface area contributed by atoms with Crippen molar-refractivity contribution in [1.29, 1.82) is 0 Å². The maximum absolute atomic E-state index is 14.3. The molecule has 7 heteroatoms. The van der Waals surface area contributed by atoms with Crippen molar-refractivity contribution in [1.82, 2.24) is 0 Å². The number of carbonyl (C=O) groups excluding carboxylic acids is 2. The maximum Gasteiger partial charge on any atom is 0.342 e. The van der Waals surface area contributed by atoms with Crippen molar-refractivity contribution in [3.63, 3.8) is 0 Å². The topological polar surface area (TPSA) is 113 Å². The Balaban J connectivity index is 1.63. The predicted molar refractivity (Wildman–Crippen MR) is 128 cm³/mol. The highest BCUT2D eigenvalue weighted by Gasteiger charge is 2.76. The smallest absolute Gasteiger partial charge is 0.342 e. The van der Waals surface area contributed by atoms with Gasteiger partial charge in [-0.2, -0.15) is 0 Å². The van der Waals surface area contributed by atoms with Crippen LogP contribution in [0.2, 0.25) is 0 Å². The fraction of sp³-hybridized carbons (Fsp3) is 0.571. The molecule has 1 spiro atoms. The van der Waals surface area contributed by atoms with Crippen molar-refractivity contribution in [2.24, 2.45) is 34.5 Å². The lowest BCUT2D eigenvalue weighted by Gasteiger charge is -2.48. The molecule has 1 unspecified atom stereocenters. The molecule has 0 saturated heterocycles. The van der Waals surface area contributed by atoms with Crippen LogP contribution in [0, 0.1) is 34.5 Å². The van der Waals surface area contributed by atoms with E-state index in [9.17, 15) is 24.9 Å². The summed E-state index contributed by atoms with van der Waals surface area (Å²) in [7, 11) is 1.45. The zero-order valence-electron chi connectivity index (χ0n) is 20.8. The second kappa shape index (κ2) is 7.76. The van der Waals surface area contributed by atoms with Crippen molar-refractivity contribution in [3.05, 3.63) is 53.1 Å². The van der Waals surface area contributed by atoms with Gasteiger partial charge in [0, 0.05) is 5.92 Å².